The van der Waals surface area contributed by atoms with Crippen LogP contribution >= 0.6 is 0 Å². The maximum Gasteiger partial charge on any atom is 0.254 e. The Hall–Kier alpha value is -2.12. The van der Waals surface area contributed by atoms with E-state index in [9.17, 15) is 9.59 Å². The van der Waals surface area contributed by atoms with Crippen LogP contribution in [0.5, 0.6) is 5.75 Å². The fourth-order valence-electron chi connectivity index (χ4n) is 4.11. The van der Waals surface area contributed by atoms with E-state index in [2.05, 4.69) is 0 Å². The summed E-state index contributed by atoms with van der Waals surface area (Å²) in [4.78, 5) is 28.6. The molecule has 7 nitrogen and oxygen atoms in total. The van der Waals surface area contributed by atoms with E-state index in [1.54, 1.807) is 7.11 Å². The fourth-order valence-corrected chi connectivity index (χ4v) is 4.11. The van der Waals surface area contributed by atoms with E-state index in [1.165, 1.54) is 7.11 Å². The van der Waals surface area contributed by atoms with Crippen molar-refractivity contribution in [3.05, 3.63) is 29.8 Å². The summed E-state index contributed by atoms with van der Waals surface area (Å²) in [5, 5.41) is 0. The maximum absolute atomic E-state index is 12.9. The molecule has 0 aliphatic carbocycles. The topological polar surface area (TPSA) is 68.3 Å². The number of amides is 2. The second kappa shape index (κ2) is 10.6. The normalized spacial score (nSPS) is 20.6. The van der Waals surface area contributed by atoms with E-state index in [4.69, 9.17) is 14.2 Å². The van der Waals surface area contributed by atoms with Gasteiger partial charge >= 0.3 is 0 Å². The summed E-state index contributed by atoms with van der Waals surface area (Å²) in [6, 6.07) is 7.57. The zero-order valence-electron chi connectivity index (χ0n) is 17.5. The quantitative estimate of drug-likeness (QED) is 0.698. The first-order chi connectivity index (χ1) is 14.1. The molecule has 0 unspecified atom stereocenters. The minimum Gasteiger partial charge on any atom is -0.490 e. The highest BCUT2D eigenvalue weighted by Crippen LogP contribution is 2.23. The van der Waals surface area contributed by atoms with E-state index in [1.807, 2.05) is 34.1 Å². The molecule has 0 N–H and O–H groups in total. The molecule has 2 amide bonds. The van der Waals surface area contributed by atoms with E-state index in [0.717, 1.165) is 44.4 Å². The van der Waals surface area contributed by atoms with Crippen LogP contribution in [0, 0.1) is 0 Å². The van der Waals surface area contributed by atoms with Gasteiger partial charge < -0.3 is 24.0 Å². The molecule has 0 aromatic heterocycles. The Labute approximate surface area is 172 Å². The molecule has 2 heterocycles. The number of carbonyl (C=O) groups excluding carboxylic acids is 2. The Kier molecular flexibility index (Phi) is 7.89. The van der Waals surface area contributed by atoms with E-state index in [-0.39, 0.29) is 30.6 Å². The molecule has 0 radical (unpaired) electrons. The molecular weight excluding hydrogens is 372 g/mol. The molecule has 3 rings (SSSR count). The third-order valence-electron chi connectivity index (χ3n) is 5.71. The molecule has 1 aromatic rings. The number of carbonyl (C=O) groups is 2. The van der Waals surface area contributed by atoms with Crippen LogP contribution in [0.15, 0.2) is 24.3 Å². The van der Waals surface area contributed by atoms with Crippen molar-refractivity contribution in [1.82, 2.24) is 9.80 Å². The van der Waals surface area contributed by atoms with Crippen molar-refractivity contribution in [3.63, 3.8) is 0 Å². The molecule has 0 spiro atoms. The van der Waals surface area contributed by atoms with E-state index >= 15 is 0 Å². The number of likely N-dealkylation sites (tertiary alicyclic amines) is 2. The van der Waals surface area contributed by atoms with Gasteiger partial charge in [-0.3, -0.25) is 9.59 Å². The summed E-state index contributed by atoms with van der Waals surface area (Å²) in [6.07, 6.45) is 4.84. The molecule has 2 saturated heterocycles. The number of nitrogens with zero attached hydrogens (tertiary/aromatic N) is 2. The Morgan fingerprint density at radius 1 is 0.966 bits per heavy atom. The van der Waals surface area contributed by atoms with Gasteiger partial charge in [0.15, 0.2) is 0 Å². The highest BCUT2D eigenvalue weighted by Gasteiger charge is 2.28. The van der Waals surface area contributed by atoms with Crippen molar-refractivity contribution >= 4 is 11.8 Å². The first kappa shape index (κ1) is 21.6. The van der Waals surface area contributed by atoms with Crippen LogP contribution in [0.3, 0.4) is 0 Å². The van der Waals surface area contributed by atoms with E-state index < -0.39 is 0 Å². The van der Waals surface area contributed by atoms with Gasteiger partial charge in [-0.2, -0.15) is 0 Å². The van der Waals surface area contributed by atoms with Gasteiger partial charge in [0.05, 0.1) is 12.6 Å². The van der Waals surface area contributed by atoms with Crippen molar-refractivity contribution in [2.45, 2.75) is 44.2 Å². The molecule has 2 aliphatic heterocycles. The smallest absolute Gasteiger partial charge is 0.254 e. The highest BCUT2D eigenvalue weighted by molar-refractivity contribution is 5.94. The Morgan fingerprint density at radius 2 is 1.69 bits per heavy atom. The SMILES string of the molecule is COCC(=O)N1CCC(Oc2ccc(C(=O)N3CCCC[C@H]3COC)cc2)CC1. The van der Waals surface area contributed by atoms with Crippen LogP contribution < -0.4 is 4.74 Å². The van der Waals surface area contributed by atoms with Crippen LogP contribution in [0.2, 0.25) is 0 Å². The minimum atomic E-state index is 0.0262. The molecule has 2 aliphatic rings. The fraction of sp³-hybridized carbons (Fsp3) is 0.636. The highest BCUT2D eigenvalue weighted by atomic mass is 16.5. The molecule has 0 bridgehead atoms. The number of ether oxygens (including phenoxy) is 3. The van der Waals surface area contributed by atoms with Gasteiger partial charge in [0.25, 0.3) is 5.91 Å². The summed E-state index contributed by atoms with van der Waals surface area (Å²) in [6.45, 7) is 2.85. The second-order valence-corrected chi connectivity index (χ2v) is 7.76. The first-order valence-corrected chi connectivity index (χ1v) is 10.5. The average Bonchev–Trinajstić information content (AvgIpc) is 2.75. The van der Waals surface area contributed by atoms with Gasteiger partial charge in [-0.05, 0) is 43.5 Å². The molecule has 1 atom stereocenters. The van der Waals surface area contributed by atoms with Gasteiger partial charge in [-0.15, -0.1) is 0 Å². The standard InChI is InChI=1S/C22H32N2O5/c1-27-15-18-5-3-4-12-24(18)22(26)17-6-8-19(9-7-17)29-20-10-13-23(14-11-20)21(25)16-28-2/h6-9,18,20H,3-5,10-16H2,1-2H3/t18-/m0/s1. The molecule has 0 saturated carbocycles. The largest absolute Gasteiger partial charge is 0.490 e. The lowest BCUT2D eigenvalue weighted by Gasteiger charge is -2.35. The lowest BCUT2D eigenvalue weighted by atomic mass is 10.0. The third-order valence-corrected chi connectivity index (χ3v) is 5.71. The lowest BCUT2D eigenvalue weighted by molar-refractivity contribution is -0.136. The minimum absolute atomic E-state index is 0.0262. The van der Waals surface area contributed by atoms with Crippen molar-refractivity contribution in [2.75, 3.05) is 47.1 Å². The summed E-state index contributed by atoms with van der Waals surface area (Å²) in [5.41, 5.74) is 0.681. The molecule has 160 valence electrons. The van der Waals surface area contributed by atoms with Crippen molar-refractivity contribution in [1.29, 1.82) is 0 Å². The summed E-state index contributed by atoms with van der Waals surface area (Å²) < 4.78 is 16.3. The van der Waals surface area contributed by atoms with Crippen molar-refractivity contribution in [3.8, 4) is 5.75 Å². The zero-order valence-corrected chi connectivity index (χ0v) is 17.5. The number of hydrogen-bond acceptors (Lipinski definition) is 5. The first-order valence-electron chi connectivity index (χ1n) is 10.5. The van der Waals surface area contributed by atoms with Crippen molar-refractivity contribution < 1.29 is 23.8 Å². The molecular formula is C22H32N2O5. The van der Waals surface area contributed by atoms with Gasteiger partial charge in [-0.1, -0.05) is 0 Å². The van der Waals surface area contributed by atoms with Gasteiger partial charge in [0.2, 0.25) is 5.91 Å². The lowest BCUT2D eigenvalue weighted by Crippen LogP contribution is -2.46. The van der Waals surface area contributed by atoms with Crippen LogP contribution in [0.4, 0.5) is 0 Å². The number of rotatable bonds is 7. The number of benzene rings is 1. The van der Waals surface area contributed by atoms with Gasteiger partial charge in [-0.25, -0.2) is 0 Å². The van der Waals surface area contributed by atoms with Gasteiger partial charge in [0.1, 0.15) is 18.5 Å². The second-order valence-electron chi connectivity index (χ2n) is 7.76. The predicted octanol–water partition coefficient (Wildman–Crippen LogP) is 2.34. The predicted molar refractivity (Wildman–Crippen MR) is 109 cm³/mol. The van der Waals surface area contributed by atoms with Crippen LogP contribution in [0.1, 0.15) is 42.5 Å². The van der Waals surface area contributed by atoms with Crippen LogP contribution in [0.25, 0.3) is 0 Å². The zero-order chi connectivity index (χ0) is 20.6. The Morgan fingerprint density at radius 3 is 2.34 bits per heavy atom. The monoisotopic (exact) mass is 404 g/mol. The molecule has 7 heteroatoms. The molecule has 1 aromatic carbocycles. The maximum atomic E-state index is 12.9. The number of hydrogen-bond donors (Lipinski definition) is 0. The molecule has 29 heavy (non-hydrogen) atoms. The number of piperidine rings is 2. The van der Waals surface area contributed by atoms with Gasteiger partial charge in [0, 0.05) is 52.3 Å². The summed E-state index contributed by atoms with van der Waals surface area (Å²) >= 11 is 0. The average molecular weight is 405 g/mol. The Bertz CT molecular complexity index is 668. The van der Waals surface area contributed by atoms with E-state index in [0.29, 0.717) is 25.3 Å². The van der Waals surface area contributed by atoms with Crippen LogP contribution in [-0.2, 0) is 14.3 Å². The van der Waals surface area contributed by atoms with Crippen molar-refractivity contribution in [2.24, 2.45) is 0 Å². The molecule has 2 fully saturated rings. The Balaban J connectivity index is 1.52. The third kappa shape index (κ3) is 5.70. The summed E-state index contributed by atoms with van der Waals surface area (Å²) in [5.74, 6) is 0.844. The van der Waals surface area contributed by atoms with Crippen LogP contribution in [-0.4, -0.2) is 80.8 Å². The summed E-state index contributed by atoms with van der Waals surface area (Å²) in [7, 11) is 3.21. The number of methoxy groups -OCH3 is 2.